The molecule has 2 aliphatic carbocycles. The number of pyridine rings is 1. The third-order valence-corrected chi connectivity index (χ3v) is 8.82. The molecule has 7 atom stereocenters. The van der Waals surface area contributed by atoms with Gasteiger partial charge in [-0.3, -0.25) is 14.6 Å². The topological polar surface area (TPSA) is 82.5 Å². The second-order valence-electron chi connectivity index (χ2n) is 11.1. The van der Waals surface area contributed by atoms with Gasteiger partial charge in [0.15, 0.2) is 0 Å². The number of aliphatic hydroxyl groups is 1. The van der Waals surface area contributed by atoms with Gasteiger partial charge in [-0.1, -0.05) is 51.1 Å². The number of benzene rings is 1. The van der Waals surface area contributed by atoms with Crippen LogP contribution in [0, 0.1) is 29.1 Å². The highest BCUT2D eigenvalue weighted by Crippen LogP contribution is 2.55. The molecule has 0 aliphatic heterocycles. The molecular formula is C29H39N3O3. The van der Waals surface area contributed by atoms with Crippen LogP contribution in [0.4, 0.5) is 0 Å². The molecule has 6 heteroatoms. The van der Waals surface area contributed by atoms with Gasteiger partial charge < -0.3 is 15.3 Å². The first-order chi connectivity index (χ1) is 16.7. The second kappa shape index (κ2) is 10.5. The molecule has 2 fully saturated rings. The van der Waals surface area contributed by atoms with Crippen LogP contribution in [-0.4, -0.2) is 46.0 Å². The smallest absolute Gasteiger partial charge is 0.251 e. The Morgan fingerprint density at radius 1 is 1.14 bits per heavy atom. The maximum atomic E-state index is 13.3. The Morgan fingerprint density at radius 2 is 1.80 bits per heavy atom. The Balaban J connectivity index is 1.45. The van der Waals surface area contributed by atoms with Gasteiger partial charge in [-0.05, 0) is 66.5 Å². The van der Waals surface area contributed by atoms with Crippen LogP contribution in [0.1, 0.15) is 62.4 Å². The SMILES string of the molecule is CC(C(=O)N(C)Cc1ccccc1)C1CCC2(C)CCC(NC(=O)c3ccncc3)C(C)C2C1O. The highest BCUT2D eigenvalue weighted by atomic mass is 16.3. The summed E-state index contributed by atoms with van der Waals surface area (Å²) in [6.45, 7) is 6.96. The van der Waals surface area contributed by atoms with Gasteiger partial charge in [-0.15, -0.1) is 0 Å². The number of hydrogen-bond donors (Lipinski definition) is 2. The van der Waals surface area contributed by atoms with Gasteiger partial charge >= 0.3 is 0 Å². The Hall–Kier alpha value is -2.73. The van der Waals surface area contributed by atoms with Crippen molar-refractivity contribution >= 4 is 11.8 Å². The van der Waals surface area contributed by atoms with Crippen LogP contribution in [0.5, 0.6) is 0 Å². The van der Waals surface area contributed by atoms with E-state index in [9.17, 15) is 14.7 Å². The fourth-order valence-electron chi connectivity index (χ4n) is 6.72. The van der Waals surface area contributed by atoms with Gasteiger partial charge in [-0.2, -0.15) is 0 Å². The number of fused-ring (bicyclic) bond motifs is 1. The summed E-state index contributed by atoms with van der Waals surface area (Å²) < 4.78 is 0. The summed E-state index contributed by atoms with van der Waals surface area (Å²) in [5.74, 6) is -0.222. The summed E-state index contributed by atoms with van der Waals surface area (Å²) in [7, 11) is 1.85. The first kappa shape index (κ1) is 25.4. The summed E-state index contributed by atoms with van der Waals surface area (Å²) in [6.07, 6.45) is 6.38. The van der Waals surface area contributed by atoms with E-state index >= 15 is 0 Å². The number of carbonyl (C=O) groups excluding carboxylic acids is 2. The van der Waals surface area contributed by atoms with Crippen LogP contribution in [0.2, 0.25) is 0 Å². The second-order valence-corrected chi connectivity index (χ2v) is 11.1. The number of amides is 2. The molecule has 0 spiro atoms. The van der Waals surface area contributed by atoms with Crippen LogP contribution < -0.4 is 5.32 Å². The first-order valence-corrected chi connectivity index (χ1v) is 12.9. The summed E-state index contributed by atoms with van der Waals surface area (Å²) >= 11 is 0. The van der Waals surface area contributed by atoms with Crippen molar-refractivity contribution < 1.29 is 14.7 Å². The molecule has 4 rings (SSSR count). The van der Waals surface area contributed by atoms with Gasteiger partial charge in [0.2, 0.25) is 5.91 Å². The van der Waals surface area contributed by atoms with E-state index in [2.05, 4.69) is 24.1 Å². The van der Waals surface area contributed by atoms with E-state index < -0.39 is 6.10 Å². The summed E-state index contributed by atoms with van der Waals surface area (Å²) in [5.41, 5.74) is 1.72. The van der Waals surface area contributed by atoms with Crippen molar-refractivity contribution in [2.45, 2.75) is 65.1 Å². The highest BCUT2D eigenvalue weighted by Gasteiger charge is 2.54. The average molecular weight is 478 g/mol. The zero-order valence-electron chi connectivity index (χ0n) is 21.4. The number of carbonyl (C=O) groups is 2. The lowest BCUT2D eigenvalue weighted by molar-refractivity contribution is -0.149. The van der Waals surface area contributed by atoms with E-state index in [1.165, 1.54) is 0 Å². The van der Waals surface area contributed by atoms with Gasteiger partial charge in [0.25, 0.3) is 5.91 Å². The van der Waals surface area contributed by atoms with Crippen LogP contribution in [-0.2, 0) is 11.3 Å². The van der Waals surface area contributed by atoms with Crippen molar-refractivity contribution in [3.63, 3.8) is 0 Å². The van der Waals surface area contributed by atoms with Crippen molar-refractivity contribution in [3.8, 4) is 0 Å². The summed E-state index contributed by atoms with van der Waals surface area (Å²) in [5, 5.41) is 14.9. The zero-order chi connectivity index (χ0) is 25.2. The largest absolute Gasteiger partial charge is 0.392 e. The molecule has 1 aromatic carbocycles. The van der Waals surface area contributed by atoms with Crippen LogP contribution in [0.15, 0.2) is 54.9 Å². The quantitative estimate of drug-likeness (QED) is 0.650. The molecule has 2 aromatic rings. The molecule has 6 nitrogen and oxygen atoms in total. The molecule has 7 unspecified atom stereocenters. The van der Waals surface area contributed by atoms with Crippen molar-refractivity contribution in [1.82, 2.24) is 15.2 Å². The van der Waals surface area contributed by atoms with E-state index in [1.807, 2.05) is 44.3 Å². The van der Waals surface area contributed by atoms with Crippen molar-refractivity contribution in [2.75, 3.05) is 7.05 Å². The minimum Gasteiger partial charge on any atom is -0.392 e. The van der Waals surface area contributed by atoms with E-state index in [0.717, 1.165) is 31.2 Å². The number of nitrogens with zero attached hydrogens (tertiary/aromatic N) is 2. The lowest BCUT2D eigenvalue weighted by atomic mass is 9.51. The molecule has 1 aromatic heterocycles. The predicted octanol–water partition coefficient (Wildman–Crippen LogP) is 4.30. The van der Waals surface area contributed by atoms with Gasteiger partial charge in [-0.25, -0.2) is 0 Å². The average Bonchev–Trinajstić information content (AvgIpc) is 2.86. The molecule has 0 radical (unpaired) electrons. The summed E-state index contributed by atoms with van der Waals surface area (Å²) in [4.78, 5) is 31.9. The molecule has 2 saturated carbocycles. The third-order valence-electron chi connectivity index (χ3n) is 8.82. The monoisotopic (exact) mass is 477 g/mol. The van der Waals surface area contributed by atoms with Crippen molar-refractivity contribution in [1.29, 1.82) is 0 Å². The molecule has 0 saturated heterocycles. The molecule has 2 aliphatic rings. The third kappa shape index (κ3) is 5.27. The minimum atomic E-state index is -0.576. The molecule has 2 amide bonds. The van der Waals surface area contributed by atoms with Crippen LogP contribution in [0.3, 0.4) is 0 Å². The Labute approximate surface area is 209 Å². The maximum absolute atomic E-state index is 13.3. The number of nitrogens with one attached hydrogen (secondary N) is 1. The standard InChI is InChI=1S/C29H39N3O3/c1-19(28(35)32(4)18-21-8-6-5-7-9-21)23-10-14-29(3)15-11-24(20(2)25(29)26(23)33)31-27(34)22-12-16-30-17-13-22/h5-9,12-13,16-17,19-20,23-26,33H,10-11,14-15,18H2,1-4H3,(H,31,34). The molecular weight excluding hydrogens is 438 g/mol. The van der Waals surface area contributed by atoms with E-state index in [0.29, 0.717) is 12.1 Å². The summed E-state index contributed by atoms with van der Waals surface area (Å²) in [6, 6.07) is 13.4. The molecule has 0 bridgehead atoms. The van der Waals surface area contributed by atoms with E-state index in [4.69, 9.17) is 0 Å². The Kier molecular flexibility index (Phi) is 7.60. The molecule has 1 heterocycles. The van der Waals surface area contributed by atoms with Gasteiger partial charge in [0, 0.05) is 43.5 Å². The minimum absolute atomic E-state index is 0.00565. The van der Waals surface area contributed by atoms with Crippen molar-refractivity contribution in [3.05, 3.63) is 66.0 Å². The van der Waals surface area contributed by atoms with Gasteiger partial charge in [0.1, 0.15) is 0 Å². The lowest BCUT2D eigenvalue weighted by Crippen LogP contribution is -2.58. The Bertz CT molecular complexity index is 1010. The fraction of sp³-hybridized carbons (Fsp3) is 0.552. The predicted molar refractivity (Wildman–Crippen MR) is 136 cm³/mol. The first-order valence-electron chi connectivity index (χ1n) is 12.9. The van der Waals surface area contributed by atoms with Crippen molar-refractivity contribution in [2.24, 2.45) is 29.1 Å². The number of hydrogen-bond acceptors (Lipinski definition) is 4. The number of aliphatic hydroxyl groups excluding tert-OH is 1. The molecule has 188 valence electrons. The lowest BCUT2D eigenvalue weighted by Gasteiger charge is -2.56. The maximum Gasteiger partial charge on any atom is 0.251 e. The Morgan fingerprint density at radius 3 is 2.49 bits per heavy atom. The van der Waals surface area contributed by atoms with Crippen LogP contribution in [0.25, 0.3) is 0 Å². The molecule has 35 heavy (non-hydrogen) atoms. The fourth-order valence-corrected chi connectivity index (χ4v) is 6.72. The van der Waals surface area contributed by atoms with Gasteiger partial charge in [0.05, 0.1) is 6.10 Å². The number of rotatable bonds is 6. The normalized spacial score (nSPS) is 31.2. The molecule has 2 N–H and O–H groups in total. The number of aromatic nitrogens is 1. The van der Waals surface area contributed by atoms with Crippen LogP contribution >= 0.6 is 0 Å². The highest BCUT2D eigenvalue weighted by molar-refractivity contribution is 5.94. The van der Waals surface area contributed by atoms with E-state index in [-0.39, 0.29) is 46.9 Å². The van der Waals surface area contributed by atoms with E-state index in [1.54, 1.807) is 29.4 Å². The zero-order valence-corrected chi connectivity index (χ0v) is 21.4.